The van der Waals surface area contributed by atoms with Crippen LogP contribution in [0.15, 0.2) is 35.5 Å². The number of halogens is 1. The Hall–Kier alpha value is -2.69. The molecule has 168 valence electrons. The summed E-state index contributed by atoms with van der Waals surface area (Å²) in [5.74, 6) is -1.86. The highest BCUT2D eigenvalue weighted by Crippen LogP contribution is 2.30. The molecule has 0 aliphatic rings. The van der Waals surface area contributed by atoms with Gasteiger partial charge in [0.05, 0.1) is 30.0 Å². The Morgan fingerprint density at radius 3 is 2.29 bits per heavy atom. The lowest BCUT2D eigenvalue weighted by Crippen LogP contribution is -2.19. The largest absolute Gasteiger partial charge is 0.481 e. The van der Waals surface area contributed by atoms with Crippen molar-refractivity contribution in [3.8, 4) is 11.3 Å². The van der Waals surface area contributed by atoms with E-state index in [9.17, 15) is 27.8 Å². The molecule has 0 fully saturated rings. The van der Waals surface area contributed by atoms with Crippen molar-refractivity contribution in [2.75, 3.05) is 6.26 Å². The maximum Gasteiger partial charge on any atom is 0.305 e. The first-order valence-corrected chi connectivity index (χ1v) is 11.4. The number of sulfone groups is 1. The maximum absolute atomic E-state index is 13.4. The molecule has 0 amide bonds. The van der Waals surface area contributed by atoms with Crippen molar-refractivity contribution in [3.63, 3.8) is 0 Å². The second kappa shape index (κ2) is 10.1. The lowest BCUT2D eigenvalue weighted by molar-refractivity contribution is -0.139. The number of aliphatic carboxylic acids is 1. The molecule has 10 heteroatoms. The predicted octanol–water partition coefficient (Wildman–Crippen LogP) is 2.41. The van der Waals surface area contributed by atoms with E-state index in [1.807, 2.05) is 13.8 Å². The SMILES string of the molecule is CC(C)c1nc(S(C)(=O)=O)nc(-c2ccc(F)cc2)c1/C=C/[C@@H](O)C[C@@H](O)CC(=O)O. The number of aliphatic hydroxyl groups excluding tert-OH is 2. The Kier molecular flexibility index (Phi) is 7.99. The van der Waals surface area contributed by atoms with Crippen LogP contribution in [0.5, 0.6) is 0 Å². The van der Waals surface area contributed by atoms with E-state index >= 15 is 0 Å². The number of benzene rings is 1. The van der Waals surface area contributed by atoms with Crippen LogP contribution in [0.1, 0.15) is 43.9 Å². The highest BCUT2D eigenvalue weighted by molar-refractivity contribution is 7.90. The van der Waals surface area contributed by atoms with Gasteiger partial charge in [0, 0.05) is 23.8 Å². The molecule has 1 aromatic heterocycles. The molecule has 0 saturated carbocycles. The van der Waals surface area contributed by atoms with E-state index in [0.717, 1.165) is 6.26 Å². The molecule has 0 aliphatic carbocycles. The number of nitrogens with zero attached hydrogens (tertiary/aromatic N) is 2. The van der Waals surface area contributed by atoms with Gasteiger partial charge in [-0.1, -0.05) is 26.0 Å². The van der Waals surface area contributed by atoms with Crippen LogP contribution >= 0.6 is 0 Å². The van der Waals surface area contributed by atoms with Crippen LogP contribution in [-0.4, -0.2) is 58.1 Å². The molecule has 3 N–H and O–H groups in total. The summed E-state index contributed by atoms with van der Waals surface area (Å²) in [5.41, 5.74) is 1.54. The summed E-state index contributed by atoms with van der Waals surface area (Å²) in [5, 5.41) is 28.2. The van der Waals surface area contributed by atoms with E-state index in [1.54, 1.807) is 0 Å². The number of carboxylic acids is 1. The van der Waals surface area contributed by atoms with Gasteiger partial charge in [-0.05, 0) is 30.2 Å². The number of rotatable bonds is 9. The Morgan fingerprint density at radius 2 is 1.77 bits per heavy atom. The zero-order valence-electron chi connectivity index (χ0n) is 17.4. The van der Waals surface area contributed by atoms with Gasteiger partial charge in [0.25, 0.3) is 0 Å². The molecule has 2 rings (SSSR count). The van der Waals surface area contributed by atoms with Crippen molar-refractivity contribution < 1.29 is 32.9 Å². The molecule has 0 aliphatic heterocycles. The van der Waals surface area contributed by atoms with Crippen LogP contribution in [0, 0.1) is 5.82 Å². The van der Waals surface area contributed by atoms with Gasteiger partial charge in [0.2, 0.25) is 15.0 Å². The van der Waals surface area contributed by atoms with Crippen molar-refractivity contribution in [1.29, 1.82) is 0 Å². The third-order valence-electron chi connectivity index (χ3n) is 4.36. The van der Waals surface area contributed by atoms with Crippen molar-refractivity contribution >= 4 is 21.9 Å². The summed E-state index contributed by atoms with van der Waals surface area (Å²) in [6.45, 7) is 3.63. The first kappa shape index (κ1) is 24.6. The van der Waals surface area contributed by atoms with E-state index in [4.69, 9.17) is 5.11 Å². The summed E-state index contributed by atoms with van der Waals surface area (Å²) in [7, 11) is -3.73. The third-order valence-corrected chi connectivity index (χ3v) is 5.21. The quantitative estimate of drug-likeness (QED) is 0.493. The standard InChI is InChI=1S/C21H25FN2O6S/c1-12(2)19-17(9-8-15(25)10-16(26)11-18(27)28)20(13-4-6-14(22)7-5-13)24-21(23-19)31(3,29)30/h4-9,12,15-16,25-26H,10-11H2,1-3H3,(H,27,28)/b9-8+/t15-,16-/m1/s1. The Bertz CT molecular complexity index is 1070. The average Bonchev–Trinajstić information content (AvgIpc) is 2.64. The third kappa shape index (κ3) is 6.91. The van der Waals surface area contributed by atoms with Crippen LogP contribution in [-0.2, 0) is 14.6 Å². The molecule has 1 aromatic carbocycles. The minimum atomic E-state index is -3.73. The monoisotopic (exact) mass is 452 g/mol. The smallest absolute Gasteiger partial charge is 0.305 e. The zero-order chi connectivity index (χ0) is 23.3. The van der Waals surface area contributed by atoms with E-state index in [-0.39, 0.29) is 23.2 Å². The van der Waals surface area contributed by atoms with Gasteiger partial charge in [-0.3, -0.25) is 4.79 Å². The molecule has 0 unspecified atom stereocenters. The van der Waals surface area contributed by atoms with Gasteiger partial charge in [-0.2, -0.15) is 0 Å². The van der Waals surface area contributed by atoms with Crippen molar-refractivity contribution in [3.05, 3.63) is 47.4 Å². The summed E-state index contributed by atoms with van der Waals surface area (Å²) < 4.78 is 37.6. The van der Waals surface area contributed by atoms with E-state index < -0.39 is 40.3 Å². The fourth-order valence-electron chi connectivity index (χ4n) is 2.91. The molecular weight excluding hydrogens is 427 g/mol. The van der Waals surface area contributed by atoms with Crippen LogP contribution in [0.4, 0.5) is 4.39 Å². The summed E-state index contributed by atoms with van der Waals surface area (Å²) in [6.07, 6.45) is 0.737. The van der Waals surface area contributed by atoms with Gasteiger partial charge >= 0.3 is 5.97 Å². The van der Waals surface area contributed by atoms with Gasteiger partial charge < -0.3 is 15.3 Å². The van der Waals surface area contributed by atoms with E-state index in [1.165, 1.54) is 36.4 Å². The van der Waals surface area contributed by atoms with Crippen molar-refractivity contribution in [2.24, 2.45) is 0 Å². The number of aromatic nitrogens is 2. The zero-order valence-corrected chi connectivity index (χ0v) is 18.2. The molecule has 0 radical (unpaired) electrons. The first-order chi connectivity index (χ1) is 14.4. The minimum absolute atomic E-state index is 0.200. The number of carbonyl (C=O) groups is 1. The second-order valence-corrected chi connectivity index (χ2v) is 9.41. The summed E-state index contributed by atoms with van der Waals surface area (Å²) >= 11 is 0. The topological polar surface area (TPSA) is 138 Å². The Balaban J connectivity index is 2.58. The van der Waals surface area contributed by atoms with Crippen LogP contribution in [0.25, 0.3) is 17.3 Å². The molecule has 0 bridgehead atoms. The Labute approximate surface area is 180 Å². The highest BCUT2D eigenvalue weighted by atomic mass is 32.2. The van der Waals surface area contributed by atoms with Crippen molar-refractivity contribution in [1.82, 2.24) is 9.97 Å². The fraction of sp³-hybridized carbons (Fsp3) is 0.381. The van der Waals surface area contributed by atoms with Crippen LogP contribution in [0.2, 0.25) is 0 Å². The van der Waals surface area contributed by atoms with Gasteiger partial charge in [-0.15, -0.1) is 0 Å². The second-order valence-electron chi connectivity index (χ2n) is 7.50. The van der Waals surface area contributed by atoms with Gasteiger partial charge in [0.15, 0.2) is 0 Å². The molecular formula is C21H25FN2O6S. The first-order valence-electron chi connectivity index (χ1n) is 9.52. The highest BCUT2D eigenvalue weighted by Gasteiger charge is 2.22. The maximum atomic E-state index is 13.4. The van der Waals surface area contributed by atoms with Crippen LogP contribution < -0.4 is 0 Å². The van der Waals surface area contributed by atoms with Crippen molar-refractivity contribution in [2.45, 2.75) is 50.0 Å². The Morgan fingerprint density at radius 1 is 1.16 bits per heavy atom. The average molecular weight is 453 g/mol. The number of hydrogen-bond acceptors (Lipinski definition) is 7. The van der Waals surface area contributed by atoms with E-state index in [0.29, 0.717) is 16.8 Å². The fourth-order valence-corrected chi connectivity index (χ4v) is 3.43. The normalized spacial score (nSPS) is 14.2. The summed E-state index contributed by atoms with van der Waals surface area (Å²) in [6, 6.07) is 5.35. The molecule has 2 aromatic rings. The lowest BCUT2D eigenvalue weighted by Gasteiger charge is -2.16. The number of carboxylic acid groups (broad SMARTS) is 1. The molecule has 31 heavy (non-hydrogen) atoms. The van der Waals surface area contributed by atoms with Crippen LogP contribution in [0.3, 0.4) is 0 Å². The number of hydrogen-bond donors (Lipinski definition) is 3. The summed E-state index contributed by atoms with van der Waals surface area (Å²) in [4.78, 5) is 19.1. The lowest BCUT2D eigenvalue weighted by atomic mass is 9.97. The van der Waals surface area contributed by atoms with E-state index in [2.05, 4.69) is 9.97 Å². The molecule has 8 nitrogen and oxygen atoms in total. The van der Waals surface area contributed by atoms with Gasteiger partial charge in [0.1, 0.15) is 5.82 Å². The molecule has 0 saturated heterocycles. The minimum Gasteiger partial charge on any atom is -0.481 e. The molecule has 2 atom stereocenters. The van der Waals surface area contributed by atoms with Gasteiger partial charge in [-0.25, -0.2) is 22.8 Å². The molecule has 1 heterocycles. The number of aliphatic hydroxyl groups is 2. The predicted molar refractivity (Wildman–Crippen MR) is 113 cm³/mol. The molecule has 0 spiro atoms.